The van der Waals surface area contributed by atoms with Gasteiger partial charge in [-0.3, -0.25) is 0 Å². The highest BCUT2D eigenvalue weighted by Gasteiger charge is 2.32. The van der Waals surface area contributed by atoms with Crippen LogP contribution in [-0.2, 0) is 12.8 Å². The van der Waals surface area contributed by atoms with Crippen molar-refractivity contribution in [1.29, 1.82) is 0 Å². The molecule has 0 saturated heterocycles. The van der Waals surface area contributed by atoms with Gasteiger partial charge in [-0.25, -0.2) is 4.98 Å². The molecule has 0 fully saturated rings. The first-order chi connectivity index (χ1) is 10.9. The van der Waals surface area contributed by atoms with Gasteiger partial charge in [-0.15, -0.1) is 0 Å². The van der Waals surface area contributed by atoms with Gasteiger partial charge >= 0.3 is 0 Å². The van der Waals surface area contributed by atoms with Crippen molar-refractivity contribution < 1.29 is 4.42 Å². The third-order valence-corrected chi connectivity index (χ3v) is 5.08. The molecule has 0 aromatic carbocycles. The van der Waals surface area contributed by atoms with E-state index < -0.39 is 0 Å². The fourth-order valence-corrected chi connectivity index (χ4v) is 4.12. The van der Waals surface area contributed by atoms with Crippen LogP contribution in [0.3, 0.4) is 0 Å². The third-order valence-electron chi connectivity index (χ3n) is 5.08. The zero-order valence-electron chi connectivity index (χ0n) is 12.3. The molecule has 22 heavy (non-hydrogen) atoms. The number of nitrogens with zero attached hydrogens (tertiary/aromatic N) is 1. The van der Waals surface area contributed by atoms with E-state index in [0.717, 1.165) is 23.6 Å². The molecule has 3 aliphatic carbocycles. The lowest BCUT2D eigenvalue weighted by molar-refractivity contribution is 0.578. The van der Waals surface area contributed by atoms with Gasteiger partial charge in [0.15, 0.2) is 5.76 Å². The van der Waals surface area contributed by atoms with Gasteiger partial charge in [0.2, 0.25) is 0 Å². The number of allylic oxidation sites excluding steroid dienone is 5. The molecular weight excluding hydrogens is 270 g/mol. The Kier molecular flexibility index (Phi) is 2.54. The smallest absolute Gasteiger partial charge is 0.152 e. The molecule has 0 radical (unpaired) electrons. The maximum Gasteiger partial charge on any atom is 0.152 e. The van der Waals surface area contributed by atoms with Crippen LogP contribution in [0.15, 0.2) is 53.2 Å². The molecule has 0 amide bonds. The van der Waals surface area contributed by atoms with E-state index in [-0.39, 0.29) is 0 Å². The number of pyridine rings is 1. The van der Waals surface area contributed by atoms with Gasteiger partial charge in [-0.05, 0) is 54.2 Å². The summed E-state index contributed by atoms with van der Waals surface area (Å²) in [4.78, 5) is 4.98. The fourth-order valence-electron chi connectivity index (χ4n) is 4.12. The quantitative estimate of drug-likeness (QED) is 0.761. The van der Waals surface area contributed by atoms with E-state index in [2.05, 4.69) is 36.5 Å². The molecule has 2 nitrogen and oxygen atoms in total. The molecule has 108 valence electrons. The number of rotatable bonds is 1. The molecule has 0 bridgehead atoms. The van der Waals surface area contributed by atoms with Crippen LogP contribution in [-0.4, -0.2) is 4.98 Å². The van der Waals surface area contributed by atoms with E-state index in [1.165, 1.54) is 29.5 Å². The zero-order chi connectivity index (χ0) is 14.5. The Labute approximate surface area is 129 Å². The molecule has 0 aliphatic heterocycles. The average molecular weight is 287 g/mol. The van der Waals surface area contributed by atoms with E-state index in [0.29, 0.717) is 11.8 Å². The summed E-state index contributed by atoms with van der Waals surface area (Å²) in [6.45, 7) is 0. The zero-order valence-corrected chi connectivity index (χ0v) is 12.3. The summed E-state index contributed by atoms with van der Waals surface area (Å²) in [5, 5.41) is 0. The predicted octanol–water partition coefficient (Wildman–Crippen LogP) is 4.68. The lowest BCUT2D eigenvalue weighted by Crippen LogP contribution is -2.17. The summed E-state index contributed by atoms with van der Waals surface area (Å²) >= 11 is 0. The molecule has 2 heteroatoms. The Balaban J connectivity index is 1.77. The van der Waals surface area contributed by atoms with Crippen LogP contribution in [0.5, 0.6) is 0 Å². The maximum absolute atomic E-state index is 5.63. The highest BCUT2D eigenvalue weighted by molar-refractivity contribution is 5.69. The van der Waals surface area contributed by atoms with Gasteiger partial charge in [0.25, 0.3) is 0 Å². The van der Waals surface area contributed by atoms with Crippen molar-refractivity contribution in [2.75, 3.05) is 0 Å². The van der Waals surface area contributed by atoms with Crippen LogP contribution in [0.4, 0.5) is 0 Å². The largest absolute Gasteiger partial charge is 0.463 e. The topological polar surface area (TPSA) is 26.0 Å². The minimum Gasteiger partial charge on any atom is -0.463 e. The summed E-state index contributed by atoms with van der Waals surface area (Å²) in [6, 6.07) is 3.96. The van der Waals surface area contributed by atoms with Crippen LogP contribution in [0, 0.1) is 5.92 Å². The number of hydrogen-bond donors (Lipinski definition) is 0. The second-order valence-electron chi connectivity index (χ2n) is 6.28. The first kappa shape index (κ1) is 12.2. The summed E-state index contributed by atoms with van der Waals surface area (Å²) in [5.41, 5.74) is 6.57. The molecule has 0 spiro atoms. The van der Waals surface area contributed by atoms with Gasteiger partial charge < -0.3 is 4.42 Å². The van der Waals surface area contributed by atoms with Crippen molar-refractivity contribution >= 4 is 6.08 Å². The van der Waals surface area contributed by atoms with Crippen molar-refractivity contribution in [3.05, 3.63) is 71.2 Å². The minimum absolute atomic E-state index is 0.454. The predicted molar refractivity (Wildman–Crippen MR) is 87.5 cm³/mol. The molecular formula is C20H17NO. The van der Waals surface area contributed by atoms with Crippen molar-refractivity contribution in [3.63, 3.8) is 0 Å². The van der Waals surface area contributed by atoms with Gasteiger partial charge in [0.05, 0.1) is 12.0 Å². The molecule has 0 N–H and O–H groups in total. The first-order valence-electron chi connectivity index (χ1n) is 8.04. The summed E-state index contributed by atoms with van der Waals surface area (Å²) in [5.74, 6) is 1.84. The van der Waals surface area contributed by atoms with Crippen molar-refractivity contribution in [2.24, 2.45) is 5.92 Å². The Morgan fingerprint density at radius 2 is 1.95 bits per heavy atom. The summed E-state index contributed by atoms with van der Waals surface area (Å²) in [6.07, 6.45) is 18.7. The monoisotopic (exact) mass is 287 g/mol. The van der Waals surface area contributed by atoms with E-state index in [1.54, 1.807) is 6.26 Å². The lowest BCUT2D eigenvalue weighted by atomic mass is 9.76. The van der Waals surface area contributed by atoms with Crippen molar-refractivity contribution in [2.45, 2.75) is 25.2 Å². The number of hydrogen-bond acceptors (Lipinski definition) is 2. The number of furan rings is 1. The lowest BCUT2D eigenvalue weighted by Gasteiger charge is -2.29. The SMILES string of the molecule is C1=C[C@@H]2C=Cc3nc(-c4ccco4)c4c(c3[C@@H]2C=C1)CCC4. The molecule has 5 rings (SSSR count). The Hall–Kier alpha value is -2.35. The van der Waals surface area contributed by atoms with E-state index in [1.807, 2.05) is 12.1 Å². The van der Waals surface area contributed by atoms with Crippen LogP contribution in [0.1, 0.15) is 34.7 Å². The molecule has 0 unspecified atom stereocenters. The van der Waals surface area contributed by atoms with Crippen LogP contribution in [0.2, 0.25) is 0 Å². The Morgan fingerprint density at radius 1 is 1.05 bits per heavy atom. The second kappa shape index (κ2) is 4.57. The summed E-state index contributed by atoms with van der Waals surface area (Å²) in [7, 11) is 0. The molecule has 2 aromatic heterocycles. The Bertz CT molecular complexity index is 824. The van der Waals surface area contributed by atoms with Gasteiger partial charge in [-0.1, -0.05) is 30.4 Å². The maximum atomic E-state index is 5.63. The molecule has 2 atom stereocenters. The van der Waals surface area contributed by atoms with E-state index in [4.69, 9.17) is 9.40 Å². The standard InChI is InChI=1S/C20H17NO/c1-2-6-14-13(5-1)10-11-17-19(14)15-7-3-8-16(15)20(21-17)18-9-4-12-22-18/h1-2,4-6,9-14H,3,7-8H2/t13-,14-/m1/s1. The third kappa shape index (κ3) is 1.64. The molecule has 2 aromatic rings. The van der Waals surface area contributed by atoms with Crippen molar-refractivity contribution in [1.82, 2.24) is 4.98 Å². The van der Waals surface area contributed by atoms with Gasteiger partial charge in [0.1, 0.15) is 5.69 Å². The highest BCUT2D eigenvalue weighted by atomic mass is 16.3. The first-order valence-corrected chi connectivity index (χ1v) is 8.04. The molecule has 3 aliphatic rings. The Morgan fingerprint density at radius 3 is 2.86 bits per heavy atom. The fraction of sp³-hybridized carbons (Fsp3) is 0.250. The molecule has 0 saturated carbocycles. The normalized spacial score (nSPS) is 24.2. The van der Waals surface area contributed by atoms with Gasteiger partial charge in [-0.2, -0.15) is 0 Å². The molecule has 2 heterocycles. The summed E-state index contributed by atoms with van der Waals surface area (Å²) < 4.78 is 5.63. The minimum atomic E-state index is 0.454. The van der Waals surface area contributed by atoms with Crippen LogP contribution in [0.25, 0.3) is 17.5 Å². The van der Waals surface area contributed by atoms with Crippen molar-refractivity contribution in [3.8, 4) is 11.5 Å². The van der Waals surface area contributed by atoms with Gasteiger partial charge in [0, 0.05) is 11.8 Å². The average Bonchev–Trinajstić information content (AvgIpc) is 3.25. The second-order valence-corrected chi connectivity index (χ2v) is 6.28. The highest BCUT2D eigenvalue weighted by Crippen LogP contribution is 2.44. The van der Waals surface area contributed by atoms with Crippen LogP contribution < -0.4 is 0 Å². The van der Waals surface area contributed by atoms with E-state index in [9.17, 15) is 0 Å². The van der Waals surface area contributed by atoms with Crippen LogP contribution >= 0.6 is 0 Å². The number of aromatic nitrogens is 1. The van der Waals surface area contributed by atoms with E-state index >= 15 is 0 Å². The number of fused-ring (bicyclic) bond motifs is 5.